The largest absolute Gasteiger partial charge is 0.494 e. The van der Waals surface area contributed by atoms with Crippen LogP contribution in [0.2, 0.25) is 0 Å². The number of hydrazine groups is 1. The summed E-state index contributed by atoms with van der Waals surface area (Å²) in [6, 6.07) is 22.0. The fourth-order valence-electron chi connectivity index (χ4n) is 5.27. The van der Waals surface area contributed by atoms with Gasteiger partial charge < -0.3 is 14.6 Å². The van der Waals surface area contributed by atoms with E-state index in [9.17, 15) is 4.79 Å². The smallest absolute Gasteiger partial charge is 0.266 e. The van der Waals surface area contributed by atoms with Crippen LogP contribution in [0.4, 0.5) is 0 Å². The van der Waals surface area contributed by atoms with Crippen LogP contribution in [-0.4, -0.2) is 42.2 Å². The third-order valence-corrected chi connectivity index (χ3v) is 7.76. The summed E-state index contributed by atoms with van der Waals surface area (Å²) < 4.78 is 12.4. The van der Waals surface area contributed by atoms with Crippen LogP contribution in [0, 0.1) is 5.41 Å². The lowest BCUT2D eigenvalue weighted by Crippen LogP contribution is -2.54. The Hall–Kier alpha value is -5.06. The third-order valence-electron chi connectivity index (χ3n) is 7.76. The molecular formula is C34H41N9O4. The Balaban J connectivity index is 1.84. The maximum absolute atomic E-state index is 14.5. The highest BCUT2D eigenvalue weighted by Gasteiger charge is 2.54. The highest BCUT2D eigenvalue weighted by atomic mass is 16.5. The van der Waals surface area contributed by atoms with Crippen LogP contribution in [0.1, 0.15) is 67.5 Å². The number of aliphatic imine (C=N–C) groups is 1. The van der Waals surface area contributed by atoms with Crippen molar-refractivity contribution in [2.75, 3.05) is 19.8 Å². The Morgan fingerprint density at radius 2 is 1.62 bits per heavy atom. The van der Waals surface area contributed by atoms with Gasteiger partial charge in [-0.15, -0.1) is 0 Å². The fraction of sp³-hybridized carbons (Fsp3) is 0.412. The number of carbonyl (C=O) groups excluding carboxylic acids is 1. The molecule has 1 aliphatic heterocycles. The Morgan fingerprint density at radius 1 is 0.979 bits per heavy atom. The molecule has 0 aliphatic carbocycles. The summed E-state index contributed by atoms with van der Waals surface area (Å²) in [7, 11) is 0. The average molecular weight is 640 g/mol. The van der Waals surface area contributed by atoms with E-state index in [2.05, 4.69) is 51.7 Å². The van der Waals surface area contributed by atoms with Crippen molar-refractivity contribution < 1.29 is 19.4 Å². The number of hydrogen-bond donors (Lipinski definition) is 3. The van der Waals surface area contributed by atoms with Gasteiger partial charge in [-0.25, -0.2) is 10.4 Å². The van der Waals surface area contributed by atoms with Crippen LogP contribution in [-0.2, 0) is 29.0 Å². The standard InChI is InChI=1S/C34H41N9O4/c1-33(2,3)17-18-37-41-32(45)34(21-25-9-4-5-10-26(25)22-38-42-35)30(29-12-7-6-11-27(29)23-39-43-36)47-31(40-34)24-13-15-28(16-14-24)46-20-8-19-44/h4-7,9-16,30,37,44H,8,17-23H2,1-3H3,(H,41,45)/t30-,34-/m0/s1. The van der Waals surface area contributed by atoms with Crippen LogP contribution >= 0.6 is 0 Å². The van der Waals surface area contributed by atoms with Crippen LogP contribution in [0.3, 0.4) is 0 Å². The fourth-order valence-corrected chi connectivity index (χ4v) is 5.27. The summed E-state index contributed by atoms with van der Waals surface area (Å²) in [5, 5.41) is 16.7. The lowest BCUT2D eigenvalue weighted by atomic mass is 9.80. The number of benzene rings is 3. The molecule has 246 valence electrons. The van der Waals surface area contributed by atoms with E-state index in [4.69, 9.17) is 30.6 Å². The Labute approximate surface area is 274 Å². The number of aliphatic hydroxyl groups excluding tert-OH is 1. The molecule has 4 rings (SSSR count). The number of amides is 1. The van der Waals surface area contributed by atoms with Gasteiger partial charge in [0, 0.05) is 41.4 Å². The van der Waals surface area contributed by atoms with Crippen molar-refractivity contribution in [3.8, 4) is 5.75 Å². The van der Waals surface area contributed by atoms with Crippen molar-refractivity contribution in [1.29, 1.82) is 0 Å². The van der Waals surface area contributed by atoms with Crippen LogP contribution in [0.25, 0.3) is 20.9 Å². The zero-order chi connectivity index (χ0) is 33.7. The second-order valence-electron chi connectivity index (χ2n) is 12.4. The number of ether oxygens (including phenoxy) is 2. The van der Waals surface area contributed by atoms with E-state index in [1.54, 1.807) is 24.3 Å². The van der Waals surface area contributed by atoms with E-state index < -0.39 is 17.6 Å². The van der Waals surface area contributed by atoms with Crippen LogP contribution in [0.15, 0.2) is 88.0 Å². The molecule has 0 fully saturated rings. The second-order valence-corrected chi connectivity index (χ2v) is 12.4. The predicted octanol–water partition coefficient (Wildman–Crippen LogP) is 6.63. The summed E-state index contributed by atoms with van der Waals surface area (Å²) >= 11 is 0. The van der Waals surface area contributed by atoms with E-state index in [-0.39, 0.29) is 37.4 Å². The summed E-state index contributed by atoms with van der Waals surface area (Å²) in [5.74, 6) is 0.469. The van der Waals surface area contributed by atoms with Gasteiger partial charge in [-0.05, 0) is 69.4 Å². The van der Waals surface area contributed by atoms with Crippen molar-refractivity contribution in [1.82, 2.24) is 10.9 Å². The van der Waals surface area contributed by atoms with E-state index >= 15 is 0 Å². The maximum Gasteiger partial charge on any atom is 0.266 e. The van der Waals surface area contributed by atoms with E-state index in [0.717, 1.165) is 17.5 Å². The van der Waals surface area contributed by atoms with Crippen molar-refractivity contribution in [2.24, 2.45) is 20.6 Å². The minimum Gasteiger partial charge on any atom is -0.494 e. The van der Waals surface area contributed by atoms with Crippen molar-refractivity contribution in [3.05, 3.63) is 121 Å². The third kappa shape index (κ3) is 9.25. The van der Waals surface area contributed by atoms with Gasteiger partial charge in [0.1, 0.15) is 5.75 Å². The topological polar surface area (TPSA) is 190 Å². The van der Waals surface area contributed by atoms with Gasteiger partial charge in [-0.2, -0.15) is 0 Å². The quantitative estimate of drug-likeness (QED) is 0.0520. The average Bonchev–Trinajstić information content (AvgIpc) is 3.45. The van der Waals surface area contributed by atoms with Crippen molar-refractivity contribution in [2.45, 2.75) is 64.8 Å². The molecule has 0 spiro atoms. The van der Waals surface area contributed by atoms with E-state index in [1.165, 1.54) is 0 Å². The Morgan fingerprint density at radius 3 is 2.28 bits per heavy atom. The number of azide groups is 2. The first-order valence-electron chi connectivity index (χ1n) is 15.5. The van der Waals surface area contributed by atoms with Gasteiger partial charge in [0.15, 0.2) is 11.6 Å². The zero-order valence-electron chi connectivity index (χ0n) is 27.0. The molecular weight excluding hydrogens is 598 g/mol. The molecule has 13 nitrogen and oxygen atoms in total. The maximum atomic E-state index is 14.5. The molecule has 2 atom stereocenters. The molecule has 1 heterocycles. The van der Waals surface area contributed by atoms with Crippen LogP contribution in [0.5, 0.6) is 5.75 Å². The highest BCUT2D eigenvalue weighted by Crippen LogP contribution is 2.44. The molecule has 1 amide bonds. The molecule has 1 aliphatic rings. The number of hydrogen-bond acceptors (Lipinski definition) is 8. The Bertz CT molecular complexity index is 1640. The molecule has 0 aromatic heterocycles. The van der Waals surface area contributed by atoms with Gasteiger partial charge in [0.25, 0.3) is 5.91 Å². The summed E-state index contributed by atoms with van der Waals surface area (Å²) in [6.45, 7) is 7.47. The van der Waals surface area contributed by atoms with E-state index in [0.29, 0.717) is 42.0 Å². The molecule has 0 saturated carbocycles. The first kappa shape index (κ1) is 34.8. The van der Waals surface area contributed by atoms with Gasteiger partial charge in [-0.3, -0.25) is 10.2 Å². The number of rotatable bonds is 16. The molecule has 0 saturated heterocycles. The molecule has 0 bridgehead atoms. The normalized spacial score (nSPS) is 17.1. The SMILES string of the molecule is CC(C)(C)CCNNC(=O)[C@@]1(Cc2ccccc2CN=[N+]=[N-])N=C(c2ccc(OCCCO)cc2)O[C@H]1c1ccccc1CN=[N+]=[N-]. The number of aliphatic hydroxyl groups is 1. The summed E-state index contributed by atoms with van der Waals surface area (Å²) in [6.07, 6.45) is 0.520. The molecule has 0 radical (unpaired) electrons. The molecule has 3 aromatic carbocycles. The number of nitrogens with zero attached hydrogens (tertiary/aromatic N) is 7. The van der Waals surface area contributed by atoms with Crippen LogP contribution < -0.4 is 15.6 Å². The molecule has 0 unspecified atom stereocenters. The molecule has 3 aromatic rings. The predicted molar refractivity (Wildman–Crippen MR) is 179 cm³/mol. The highest BCUT2D eigenvalue weighted by molar-refractivity contribution is 6.01. The molecule has 3 N–H and O–H groups in total. The lowest BCUT2D eigenvalue weighted by molar-refractivity contribution is -0.130. The number of carbonyl (C=O) groups is 1. The monoisotopic (exact) mass is 639 g/mol. The first-order valence-corrected chi connectivity index (χ1v) is 15.5. The van der Waals surface area contributed by atoms with Gasteiger partial charge in [0.2, 0.25) is 5.90 Å². The summed E-state index contributed by atoms with van der Waals surface area (Å²) in [4.78, 5) is 25.5. The minimum atomic E-state index is -1.53. The number of nitrogens with one attached hydrogen (secondary N) is 2. The second kappa shape index (κ2) is 16.5. The van der Waals surface area contributed by atoms with Gasteiger partial charge in [-0.1, -0.05) is 79.5 Å². The lowest BCUT2D eigenvalue weighted by Gasteiger charge is -2.32. The molecule has 13 heteroatoms. The van der Waals surface area contributed by atoms with Crippen molar-refractivity contribution in [3.63, 3.8) is 0 Å². The van der Waals surface area contributed by atoms with Gasteiger partial charge in [0.05, 0.1) is 19.7 Å². The zero-order valence-corrected chi connectivity index (χ0v) is 27.0. The van der Waals surface area contributed by atoms with Gasteiger partial charge >= 0.3 is 0 Å². The van der Waals surface area contributed by atoms with E-state index in [1.807, 2.05) is 48.5 Å². The minimum absolute atomic E-state index is 0.0342. The first-order chi connectivity index (χ1) is 22.7. The van der Waals surface area contributed by atoms with Crippen molar-refractivity contribution >= 4 is 11.8 Å². The molecule has 47 heavy (non-hydrogen) atoms. The summed E-state index contributed by atoms with van der Waals surface area (Å²) in [5.41, 5.74) is 26.2. The Kier molecular flexibility index (Phi) is 12.2.